The Morgan fingerprint density at radius 2 is 2.13 bits per heavy atom. The Hall–Kier alpha value is -1.32. The fourth-order valence-electron chi connectivity index (χ4n) is 1.37. The normalized spacial score (nSPS) is 10.7. The van der Waals surface area contributed by atoms with Crippen molar-refractivity contribution in [3.05, 3.63) is 23.8 Å². The van der Waals surface area contributed by atoms with Crippen LogP contribution in [0.1, 0.15) is 18.4 Å². The lowest BCUT2D eigenvalue weighted by molar-refractivity contribution is 0.135. The van der Waals surface area contributed by atoms with Crippen LogP contribution in [-0.4, -0.2) is 13.5 Å². The van der Waals surface area contributed by atoms with Gasteiger partial charge in [0, 0.05) is 12.1 Å². The van der Waals surface area contributed by atoms with Crippen LogP contribution in [0.5, 0.6) is 5.75 Å². The molecule has 0 aliphatic heterocycles. The third-order valence-electron chi connectivity index (χ3n) is 2.22. The first-order valence-electron chi connectivity index (χ1n) is 4.84. The van der Waals surface area contributed by atoms with E-state index in [0.29, 0.717) is 24.3 Å². The van der Waals surface area contributed by atoms with Gasteiger partial charge in [-0.2, -0.15) is 0 Å². The van der Waals surface area contributed by atoms with Crippen LogP contribution in [0.25, 0.3) is 0 Å². The fraction of sp³-hybridized carbons (Fsp3) is 0.455. The molecule has 0 amide bonds. The van der Waals surface area contributed by atoms with Gasteiger partial charge in [-0.05, 0) is 36.6 Å². The second-order valence-corrected chi connectivity index (χ2v) is 3.35. The quantitative estimate of drug-likeness (QED) is 0.766. The van der Waals surface area contributed by atoms with E-state index in [0.717, 1.165) is 5.56 Å². The smallest absolute Gasteiger partial charge is 0.238 e. The Bertz CT molecular complexity index is 315. The predicted molar refractivity (Wildman–Crippen MR) is 56.3 cm³/mol. The highest BCUT2D eigenvalue weighted by molar-refractivity contribution is 5.50. The van der Waals surface area contributed by atoms with E-state index >= 15 is 0 Å². The summed E-state index contributed by atoms with van der Waals surface area (Å²) in [6.45, 7) is 0. The molecule has 0 heterocycles. The Kier molecular flexibility index (Phi) is 4.34. The fourth-order valence-corrected chi connectivity index (χ4v) is 1.37. The summed E-state index contributed by atoms with van der Waals surface area (Å²) in [5.41, 5.74) is 7.22. The van der Waals surface area contributed by atoms with Crippen LogP contribution in [0.15, 0.2) is 18.2 Å². The van der Waals surface area contributed by atoms with Crippen LogP contribution in [0, 0.1) is 0 Å². The molecule has 0 spiro atoms. The van der Waals surface area contributed by atoms with Gasteiger partial charge >= 0.3 is 0 Å². The summed E-state index contributed by atoms with van der Waals surface area (Å²) in [6.07, 6.45) is -1.32. The summed E-state index contributed by atoms with van der Waals surface area (Å²) < 4.78 is 28.9. The van der Waals surface area contributed by atoms with Gasteiger partial charge in [0.15, 0.2) is 0 Å². The third-order valence-corrected chi connectivity index (χ3v) is 2.22. The summed E-state index contributed by atoms with van der Waals surface area (Å²) in [4.78, 5) is 0. The monoisotopic (exact) mass is 215 g/mol. The highest BCUT2D eigenvalue weighted by Gasteiger charge is 2.05. The third kappa shape index (κ3) is 3.73. The molecule has 1 aromatic carbocycles. The van der Waals surface area contributed by atoms with Gasteiger partial charge in [0.25, 0.3) is 0 Å². The van der Waals surface area contributed by atoms with E-state index in [2.05, 4.69) is 0 Å². The number of methoxy groups -OCH3 is 1. The highest BCUT2D eigenvalue weighted by atomic mass is 19.3. The van der Waals surface area contributed by atoms with Crippen LogP contribution < -0.4 is 10.5 Å². The molecule has 0 bridgehead atoms. The van der Waals surface area contributed by atoms with Crippen molar-refractivity contribution >= 4 is 5.69 Å². The van der Waals surface area contributed by atoms with E-state index < -0.39 is 6.43 Å². The second kappa shape index (κ2) is 5.53. The van der Waals surface area contributed by atoms with Crippen molar-refractivity contribution in [2.45, 2.75) is 25.7 Å². The molecule has 0 atom stereocenters. The molecular formula is C11H15F2NO. The zero-order valence-electron chi connectivity index (χ0n) is 8.67. The molecular weight excluding hydrogens is 200 g/mol. The van der Waals surface area contributed by atoms with E-state index in [9.17, 15) is 8.78 Å². The van der Waals surface area contributed by atoms with Gasteiger partial charge in [-0.15, -0.1) is 0 Å². The maximum atomic E-state index is 11.9. The van der Waals surface area contributed by atoms with Crippen LogP contribution >= 0.6 is 0 Å². The minimum absolute atomic E-state index is 0.0867. The van der Waals surface area contributed by atoms with Crippen LogP contribution in [-0.2, 0) is 6.42 Å². The van der Waals surface area contributed by atoms with Crippen molar-refractivity contribution in [2.24, 2.45) is 0 Å². The molecule has 1 rings (SSSR count). The SMILES string of the molecule is COc1ccc(N)c(CCCC(F)F)c1. The molecule has 2 nitrogen and oxygen atoms in total. The van der Waals surface area contributed by atoms with Gasteiger partial charge in [-0.25, -0.2) is 8.78 Å². The Morgan fingerprint density at radius 3 is 2.73 bits per heavy atom. The number of halogens is 2. The molecule has 84 valence electrons. The largest absolute Gasteiger partial charge is 0.497 e. The lowest BCUT2D eigenvalue weighted by Crippen LogP contribution is -1.98. The Labute approximate surface area is 88.0 Å². The number of ether oxygens (including phenoxy) is 1. The zero-order chi connectivity index (χ0) is 11.3. The van der Waals surface area contributed by atoms with Gasteiger partial charge in [0.1, 0.15) is 5.75 Å². The average Bonchev–Trinajstić information content (AvgIpc) is 2.20. The number of hydrogen-bond acceptors (Lipinski definition) is 2. The predicted octanol–water partition coefficient (Wildman–Crippen LogP) is 2.87. The van der Waals surface area contributed by atoms with Crippen molar-refractivity contribution < 1.29 is 13.5 Å². The van der Waals surface area contributed by atoms with Crippen LogP contribution in [0.4, 0.5) is 14.5 Å². The number of hydrogen-bond donors (Lipinski definition) is 1. The number of benzene rings is 1. The zero-order valence-corrected chi connectivity index (χ0v) is 8.67. The molecule has 0 aliphatic carbocycles. The highest BCUT2D eigenvalue weighted by Crippen LogP contribution is 2.21. The lowest BCUT2D eigenvalue weighted by atomic mass is 10.1. The molecule has 0 saturated heterocycles. The first-order chi connectivity index (χ1) is 7.13. The molecule has 0 saturated carbocycles. The molecule has 0 unspecified atom stereocenters. The maximum Gasteiger partial charge on any atom is 0.238 e. The van der Waals surface area contributed by atoms with Crippen molar-refractivity contribution in [2.75, 3.05) is 12.8 Å². The van der Waals surface area contributed by atoms with Crippen LogP contribution in [0.2, 0.25) is 0 Å². The maximum absolute atomic E-state index is 11.9. The molecule has 1 aromatic rings. The minimum Gasteiger partial charge on any atom is -0.497 e. The molecule has 0 radical (unpaired) electrons. The van der Waals surface area contributed by atoms with Crippen molar-refractivity contribution in [1.82, 2.24) is 0 Å². The number of alkyl halides is 2. The summed E-state index contributed by atoms with van der Waals surface area (Å²) in [5.74, 6) is 0.705. The van der Waals surface area contributed by atoms with Crippen molar-refractivity contribution in [3.63, 3.8) is 0 Å². The van der Waals surface area contributed by atoms with E-state index in [4.69, 9.17) is 10.5 Å². The first-order valence-corrected chi connectivity index (χ1v) is 4.84. The average molecular weight is 215 g/mol. The van der Waals surface area contributed by atoms with Gasteiger partial charge in [-0.3, -0.25) is 0 Å². The van der Waals surface area contributed by atoms with E-state index in [1.165, 1.54) is 0 Å². The van der Waals surface area contributed by atoms with E-state index in [1.807, 2.05) is 0 Å². The number of rotatable bonds is 5. The molecule has 0 fully saturated rings. The van der Waals surface area contributed by atoms with Crippen molar-refractivity contribution in [3.8, 4) is 5.75 Å². The number of anilines is 1. The standard InChI is InChI=1S/C11H15F2NO/c1-15-9-5-6-10(14)8(7-9)3-2-4-11(12)13/h5-7,11H,2-4,14H2,1H3. The first kappa shape index (κ1) is 11.8. The Balaban J connectivity index is 2.59. The second-order valence-electron chi connectivity index (χ2n) is 3.35. The van der Waals surface area contributed by atoms with E-state index in [-0.39, 0.29) is 6.42 Å². The minimum atomic E-state index is -2.24. The van der Waals surface area contributed by atoms with E-state index in [1.54, 1.807) is 25.3 Å². The van der Waals surface area contributed by atoms with Gasteiger partial charge in [0.05, 0.1) is 7.11 Å². The summed E-state index contributed by atoms with van der Waals surface area (Å²) >= 11 is 0. The Morgan fingerprint density at radius 1 is 1.40 bits per heavy atom. The summed E-state index contributed by atoms with van der Waals surface area (Å²) in [5, 5.41) is 0. The van der Waals surface area contributed by atoms with Gasteiger partial charge in [-0.1, -0.05) is 0 Å². The topological polar surface area (TPSA) is 35.2 Å². The summed E-state index contributed by atoms with van der Waals surface area (Å²) in [6, 6.07) is 5.28. The number of aryl methyl sites for hydroxylation is 1. The van der Waals surface area contributed by atoms with Crippen molar-refractivity contribution in [1.29, 1.82) is 0 Å². The molecule has 4 heteroatoms. The number of nitrogen functional groups attached to an aromatic ring is 1. The van der Waals surface area contributed by atoms with Gasteiger partial charge in [0.2, 0.25) is 6.43 Å². The molecule has 0 aliphatic rings. The van der Waals surface area contributed by atoms with Gasteiger partial charge < -0.3 is 10.5 Å². The van der Waals surface area contributed by atoms with Crippen LogP contribution in [0.3, 0.4) is 0 Å². The molecule has 2 N–H and O–H groups in total. The lowest BCUT2D eigenvalue weighted by Gasteiger charge is -2.07. The molecule has 0 aromatic heterocycles. The number of nitrogens with two attached hydrogens (primary N) is 1. The summed E-state index contributed by atoms with van der Waals surface area (Å²) in [7, 11) is 1.56. The molecule has 15 heavy (non-hydrogen) atoms.